The summed E-state index contributed by atoms with van der Waals surface area (Å²) in [6.45, 7) is 4.54. The van der Waals surface area contributed by atoms with Gasteiger partial charge in [0, 0.05) is 6.42 Å². The lowest BCUT2D eigenvalue weighted by Gasteiger charge is -2.29. The third-order valence-corrected chi connectivity index (χ3v) is 13.8. The van der Waals surface area contributed by atoms with Gasteiger partial charge in [-0.2, -0.15) is 0 Å². The molecule has 412 valence electrons. The number of allylic oxidation sites excluding steroid dienone is 13. The fourth-order valence-electron chi connectivity index (χ4n) is 8.28. The van der Waals surface area contributed by atoms with Crippen LogP contribution in [0.25, 0.3) is 0 Å². The number of nitrogens with zero attached hydrogens (tertiary/aromatic N) is 1. The maximum absolute atomic E-state index is 13.0. The molecule has 8 nitrogen and oxygen atoms in total. The molecular weight excluding hydrogens is 900 g/mol. The van der Waals surface area contributed by atoms with Crippen LogP contribution in [0.5, 0.6) is 0 Å². The van der Waals surface area contributed by atoms with Crippen LogP contribution in [0.1, 0.15) is 251 Å². The smallest absolute Gasteiger partial charge is 0.268 e. The number of hydrogen-bond donors (Lipinski definition) is 2. The Labute approximate surface area is 439 Å². The number of quaternary nitrogens is 1. The molecule has 71 heavy (non-hydrogen) atoms. The lowest BCUT2D eigenvalue weighted by atomic mass is 10.0. The Morgan fingerprint density at radius 3 is 1.25 bits per heavy atom. The van der Waals surface area contributed by atoms with Gasteiger partial charge in [-0.3, -0.25) is 9.36 Å². The van der Waals surface area contributed by atoms with Crippen molar-refractivity contribution < 1.29 is 32.9 Å². The molecule has 0 aliphatic carbocycles. The number of aliphatic hydroxyl groups is 1. The van der Waals surface area contributed by atoms with Gasteiger partial charge in [0.1, 0.15) is 13.2 Å². The van der Waals surface area contributed by atoms with E-state index in [2.05, 4.69) is 92.1 Å². The van der Waals surface area contributed by atoms with Crippen molar-refractivity contribution in [1.82, 2.24) is 5.32 Å². The van der Waals surface area contributed by atoms with Gasteiger partial charge in [0.05, 0.1) is 39.9 Å². The van der Waals surface area contributed by atoms with Gasteiger partial charge in [-0.15, -0.1) is 0 Å². The molecule has 1 amide bonds. The topological polar surface area (TPSA) is 108 Å². The molecule has 0 fully saturated rings. The van der Waals surface area contributed by atoms with Crippen molar-refractivity contribution in [1.29, 1.82) is 0 Å². The van der Waals surface area contributed by atoms with E-state index < -0.39 is 26.6 Å². The predicted molar refractivity (Wildman–Crippen MR) is 307 cm³/mol. The summed E-state index contributed by atoms with van der Waals surface area (Å²) in [5.74, 6) is -0.213. The fourth-order valence-corrected chi connectivity index (χ4v) is 9.00. The number of carbonyl (C=O) groups excluding carboxylic acids is 1. The van der Waals surface area contributed by atoms with Gasteiger partial charge in [-0.05, 0) is 70.6 Å². The van der Waals surface area contributed by atoms with Gasteiger partial charge in [0.15, 0.2) is 0 Å². The van der Waals surface area contributed by atoms with Crippen molar-refractivity contribution in [2.45, 2.75) is 264 Å². The Morgan fingerprint density at radius 2 is 0.859 bits per heavy atom. The summed E-state index contributed by atoms with van der Waals surface area (Å²) in [5.41, 5.74) is 0. The number of unbranched alkanes of at least 4 members (excludes halogenated alkanes) is 28. The highest BCUT2D eigenvalue weighted by Gasteiger charge is 2.23. The number of carbonyl (C=O) groups is 1. The number of likely N-dealkylation sites (N-methyl/N-ethyl adjacent to an activating group) is 1. The summed E-state index contributed by atoms with van der Waals surface area (Å²) in [6, 6.07) is -0.901. The van der Waals surface area contributed by atoms with Gasteiger partial charge >= 0.3 is 0 Å². The monoisotopic (exact) mass is 1010 g/mol. The van der Waals surface area contributed by atoms with Crippen LogP contribution >= 0.6 is 7.82 Å². The summed E-state index contributed by atoms with van der Waals surface area (Å²) >= 11 is 0. The van der Waals surface area contributed by atoms with Crippen molar-refractivity contribution in [3.63, 3.8) is 0 Å². The van der Waals surface area contributed by atoms with Crippen molar-refractivity contribution in [2.75, 3.05) is 40.9 Å². The Hall–Kier alpha value is -2.32. The van der Waals surface area contributed by atoms with E-state index in [9.17, 15) is 19.4 Å². The number of amides is 1. The molecule has 0 radical (unpaired) electrons. The molecular formula is C62H113N2O6P. The summed E-state index contributed by atoms with van der Waals surface area (Å²) in [7, 11) is 1.24. The maximum atomic E-state index is 13.0. The van der Waals surface area contributed by atoms with Crippen molar-refractivity contribution in [3.05, 3.63) is 85.1 Å². The Balaban J connectivity index is 4.27. The molecule has 0 saturated carbocycles. The van der Waals surface area contributed by atoms with Crippen LogP contribution in [0.2, 0.25) is 0 Å². The van der Waals surface area contributed by atoms with E-state index >= 15 is 0 Å². The first-order chi connectivity index (χ1) is 34.5. The van der Waals surface area contributed by atoms with Gasteiger partial charge in [-0.25, -0.2) is 0 Å². The van der Waals surface area contributed by atoms with Crippen molar-refractivity contribution in [3.8, 4) is 0 Å². The van der Waals surface area contributed by atoms with Crippen LogP contribution in [0, 0.1) is 0 Å². The zero-order valence-electron chi connectivity index (χ0n) is 46.9. The third-order valence-electron chi connectivity index (χ3n) is 12.9. The van der Waals surface area contributed by atoms with E-state index in [1.165, 1.54) is 135 Å². The minimum atomic E-state index is -4.61. The number of nitrogens with one attached hydrogen (secondary N) is 1. The molecule has 3 unspecified atom stereocenters. The second-order valence-corrected chi connectivity index (χ2v) is 22.4. The van der Waals surface area contributed by atoms with Crippen molar-refractivity contribution in [2.24, 2.45) is 0 Å². The van der Waals surface area contributed by atoms with E-state index in [1.807, 2.05) is 27.2 Å². The highest BCUT2D eigenvalue weighted by Crippen LogP contribution is 2.38. The molecule has 0 bridgehead atoms. The van der Waals surface area contributed by atoms with Crippen LogP contribution < -0.4 is 10.2 Å². The molecule has 0 aromatic carbocycles. The minimum absolute atomic E-state index is 0.00813. The summed E-state index contributed by atoms with van der Waals surface area (Å²) in [5, 5.41) is 13.9. The standard InChI is InChI=1S/C62H113N2O6P/c1-6-8-10-12-14-16-18-20-22-24-26-28-30-32-34-36-38-40-42-44-46-48-50-52-54-56-62(66)63-60(59-70-71(67,68)69-58-57-64(3,4)5)61(65)55-53-51-49-47-45-43-41-39-37-35-33-31-29-27-25-23-21-19-17-15-13-11-9-7-2/h8,10,14,16,20,22,26,28,32,34,38,40,53,55,60-61,65H,6-7,9,11-13,15,17-19,21,23-25,27,29-31,33,35-37,39,41-52,54,56-59H2,1-5H3,(H-,63,66,67,68)/b10-8-,16-14-,22-20-,28-26-,34-32-,40-38-,55-53+. The highest BCUT2D eigenvalue weighted by molar-refractivity contribution is 7.45. The normalized spacial score (nSPS) is 14.5. The van der Waals surface area contributed by atoms with Gasteiger partial charge in [0.25, 0.3) is 7.82 Å². The zero-order valence-corrected chi connectivity index (χ0v) is 47.8. The van der Waals surface area contributed by atoms with E-state index in [-0.39, 0.29) is 12.5 Å². The molecule has 0 aliphatic heterocycles. The molecule has 0 aromatic heterocycles. The molecule has 9 heteroatoms. The number of rotatable bonds is 53. The summed E-state index contributed by atoms with van der Waals surface area (Å²) < 4.78 is 23.4. The molecule has 0 rings (SSSR count). The SMILES string of the molecule is CC/C=C\C/C=C\C/C=C\C/C=C\C/C=C\C/C=C\CCCCCCCCC(=O)NC(COP(=O)([O-])OCC[N+](C)(C)C)C(O)/C=C/CCCCCCCCCCCCCCCCCCCCCCCC. The molecule has 2 N–H and O–H groups in total. The second-order valence-electron chi connectivity index (χ2n) is 21.0. The van der Waals surface area contributed by atoms with E-state index in [0.717, 1.165) is 96.3 Å². The predicted octanol–water partition coefficient (Wildman–Crippen LogP) is 17.4. The van der Waals surface area contributed by atoms with Crippen LogP contribution in [0.15, 0.2) is 85.1 Å². The number of aliphatic hydroxyl groups excluding tert-OH is 1. The Morgan fingerprint density at radius 1 is 0.507 bits per heavy atom. The van der Waals surface area contributed by atoms with Crippen LogP contribution in [-0.4, -0.2) is 68.5 Å². The lowest BCUT2D eigenvalue weighted by Crippen LogP contribution is -2.45. The molecule has 0 aliphatic rings. The second kappa shape index (κ2) is 52.5. The molecule has 0 heterocycles. The third kappa shape index (κ3) is 55.3. The first-order valence-corrected chi connectivity index (χ1v) is 30.9. The van der Waals surface area contributed by atoms with E-state index in [4.69, 9.17) is 9.05 Å². The Kier molecular flexibility index (Phi) is 50.8. The van der Waals surface area contributed by atoms with Crippen molar-refractivity contribution >= 4 is 13.7 Å². The van der Waals surface area contributed by atoms with E-state index in [0.29, 0.717) is 17.4 Å². The first-order valence-electron chi connectivity index (χ1n) is 29.4. The highest BCUT2D eigenvalue weighted by atomic mass is 31.2. The number of phosphoric acid groups is 1. The zero-order chi connectivity index (χ0) is 52.0. The van der Waals surface area contributed by atoms with E-state index in [1.54, 1.807) is 6.08 Å². The average Bonchev–Trinajstić information content (AvgIpc) is 3.33. The lowest BCUT2D eigenvalue weighted by molar-refractivity contribution is -0.870. The van der Waals surface area contributed by atoms with Crippen LogP contribution in [0.3, 0.4) is 0 Å². The van der Waals surface area contributed by atoms with Gasteiger partial charge in [-0.1, -0.05) is 259 Å². The maximum Gasteiger partial charge on any atom is 0.268 e. The largest absolute Gasteiger partial charge is 0.756 e. The fraction of sp³-hybridized carbons (Fsp3) is 0.758. The molecule has 3 atom stereocenters. The molecule has 0 aromatic rings. The summed E-state index contributed by atoms with van der Waals surface area (Å²) in [4.78, 5) is 25.5. The van der Waals surface area contributed by atoms with Gasteiger partial charge in [0.2, 0.25) is 5.91 Å². The minimum Gasteiger partial charge on any atom is -0.756 e. The Bertz CT molecular complexity index is 1430. The number of hydrogen-bond acceptors (Lipinski definition) is 6. The van der Waals surface area contributed by atoms with Crippen LogP contribution in [-0.2, 0) is 18.4 Å². The number of phosphoric ester groups is 1. The molecule has 0 saturated heterocycles. The quantitative estimate of drug-likeness (QED) is 0.0272. The molecule has 0 spiro atoms. The van der Waals surface area contributed by atoms with Crippen LogP contribution in [0.4, 0.5) is 0 Å². The summed E-state index contributed by atoms with van der Waals surface area (Å²) in [6.07, 6.45) is 73.7. The first kappa shape index (κ1) is 68.7. The van der Waals surface area contributed by atoms with Gasteiger partial charge < -0.3 is 28.8 Å². The average molecular weight is 1010 g/mol.